The highest BCUT2D eigenvalue weighted by molar-refractivity contribution is 14.1. The van der Waals surface area contributed by atoms with Crippen molar-refractivity contribution in [2.45, 2.75) is 26.2 Å². The number of nitrogens with zero attached hydrogens (tertiary/aromatic N) is 2. The van der Waals surface area contributed by atoms with Crippen LogP contribution in [0.15, 0.2) is 14.4 Å². The zero-order valence-corrected chi connectivity index (χ0v) is 11.7. The van der Waals surface area contributed by atoms with Gasteiger partial charge in [0.15, 0.2) is 0 Å². The van der Waals surface area contributed by atoms with E-state index in [0.29, 0.717) is 15.1 Å². The van der Waals surface area contributed by atoms with Crippen LogP contribution in [0, 0.1) is 0 Å². The van der Waals surface area contributed by atoms with Gasteiger partial charge in [0.1, 0.15) is 18.5 Å². The van der Waals surface area contributed by atoms with E-state index in [2.05, 4.69) is 23.1 Å². The van der Waals surface area contributed by atoms with Gasteiger partial charge >= 0.3 is 6.18 Å². The summed E-state index contributed by atoms with van der Waals surface area (Å²) in [6, 6.07) is 0. The molecule has 1 unspecified atom stereocenters. The van der Waals surface area contributed by atoms with Crippen LogP contribution in [0.1, 0.15) is 13.8 Å². The van der Waals surface area contributed by atoms with Gasteiger partial charge in [0.25, 0.3) is 0 Å². The molecular weight excluding hydrogens is 354 g/mol. The van der Waals surface area contributed by atoms with Gasteiger partial charge in [-0.05, 0) is 36.4 Å². The average molecular weight is 365 g/mol. The molecule has 0 saturated heterocycles. The lowest BCUT2D eigenvalue weighted by Crippen LogP contribution is -2.39. The Morgan fingerprint density at radius 2 is 2.12 bits per heavy atom. The number of aliphatic imine (C=N–C) groups is 1. The molecule has 0 bridgehead atoms. The van der Waals surface area contributed by atoms with Gasteiger partial charge in [0.2, 0.25) is 0 Å². The Balaban J connectivity index is 2.83. The van der Waals surface area contributed by atoms with Crippen molar-refractivity contribution < 1.29 is 13.2 Å². The summed E-state index contributed by atoms with van der Waals surface area (Å²) < 4.78 is 38.3. The topological polar surface area (TPSA) is 27.6 Å². The number of thiol groups is 1. The van der Waals surface area contributed by atoms with Crippen molar-refractivity contribution in [1.29, 1.82) is 0 Å². The van der Waals surface area contributed by atoms with Crippen molar-refractivity contribution in [2.75, 3.05) is 6.54 Å². The predicted molar refractivity (Wildman–Crippen MR) is 68.5 cm³/mol. The SMILES string of the molecule is CC1=NC(C)N(S)C(NCC(F)(F)F)=C1I. The van der Waals surface area contributed by atoms with Gasteiger partial charge in [-0.25, -0.2) is 0 Å². The third-order valence-corrected chi connectivity index (χ3v) is 3.77. The molecule has 0 aromatic heterocycles. The van der Waals surface area contributed by atoms with Gasteiger partial charge < -0.3 is 5.32 Å². The molecule has 0 radical (unpaired) electrons. The summed E-state index contributed by atoms with van der Waals surface area (Å²) >= 11 is 6.06. The van der Waals surface area contributed by atoms with E-state index in [9.17, 15) is 13.2 Å². The highest BCUT2D eigenvalue weighted by atomic mass is 127. The van der Waals surface area contributed by atoms with Gasteiger partial charge in [-0.15, -0.1) is 0 Å². The summed E-state index contributed by atoms with van der Waals surface area (Å²) in [7, 11) is 0. The van der Waals surface area contributed by atoms with Crippen LogP contribution in [-0.2, 0) is 0 Å². The van der Waals surface area contributed by atoms with Crippen molar-refractivity contribution in [3.05, 3.63) is 9.40 Å². The van der Waals surface area contributed by atoms with E-state index in [-0.39, 0.29) is 6.17 Å². The Morgan fingerprint density at radius 1 is 1.56 bits per heavy atom. The summed E-state index contributed by atoms with van der Waals surface area (Å²) in [5, 5.41) is 2.34. The number of nitrogens with one attached hydrogen (secondary N) is 1. The van der Waals surface area contributed by atoms with Crippen LogP contribution in [0.3, 0.4) is 0 Å². The molecule has 0 aliphatic carbocycles. The van der Waals surface area contributed by atoms with E-state index >= 15 is 0 Å². The molecule has 8 heteroatoms. The van der Waals surface area contributed by atoms with Crippen molar-refractivity contribution in [2.24, 2.45) is 4.99 Å². The molecular formula is C8H11F3IN3S. The van der Waals surface area contributed by atoms with Crippen LogP contribution >= 0.6 is 35.4 Å². The first-order valence-electron chi connectivity index (χ1n) is 4.45. The van der Waals surface area contributed by atoms with E-state index in [4.69, 9.17) is 0 Å². The average Bonchev–Trinajstić information content (AvgIpc) is 2.13. The van der Waals surface area contributed by atoms with Crippen LogP contribution in [0.4, 0.5) is 13.2 Å². The van der Waals surface area contributed by atoms with E-state index in [1.165, 1.54) is 4.31 Å². The quantitative estimate of drug-likeness (QED) is 0.582. The largest absolute Gasteiger partial charge is 0.405 e. The predicted octanol–water partition coefficient (Wildman–Crippen LogP) is 2.71. The maximum atomic E-state index is 12.1. The minimum absolute atomic E-state index is 0.280. The molecule has 1 atom stereocenters. The monoisotopic (exact) mass is 365 g/mol. The molecule has 1 N–H and O–H groups in total. The summed E-state index contributed by atoms with van der Waals surface area (Å²) in [6.07, 6.45) is -4.53. The molecule has 0 amide bonds. The summed E-state index contributed by atoms with van der Waals surface area (Å²) in [6.45, 7) is 2.44. The lowest BCUT2D eigenvalue weighted by molar-refractivity contribution is -0.124. The fraction of sp³-hybridized carbons (Fsp3) is 0.625. The lowest BCUT2D eigenvalue weighted by atomic mass is 10.3. The zero-order chi connectivity index (χ0) is 12.5. The first kappa shape index (κ1) is 13.9. The number of rotatable bonds is 2. The van der Waals surface area contributed by atoms with Crippen LogP contribution in [0.5, 0.6) is 0 Å². The molecule has 0 spiro atoms. The van der Waals surface area contributed by atoms with Crippen LogP contribution in [0.25, 0.3) is 0 Å². The second kappa shape index (κ2) is 5.03. The summed E-state index contributed by atoms with van der Waals surface area (Å²) in [4.78, 5) is 4.22. The fourth-order valence-corrected chi connectivity index (χ4v) is 2.20. The smallest absolute Gasteiger partial charge is 0.361 e. The molecule has 0 aromatic carbocycles. The molecule has 0 fully saturated rings. The van der Waals surface area contributed by atoms with Crippen LogP contribution in [-0.4, -0.2) is 28.9 Å². The van der Waals surface area contributed by atoms with Crippen molar-refractivity contribution in [1.82, 2.24) is 9.62 Å². The maximum Gasteiger partial charge on any atom is 0.405 e. The van der Waals surface area contributed by atoms with Crippen LogP contribution in [0.2, 0.25) is 0 Å². The normalized spacial score (nSPS) is 22.3. The fourth-order valence-electron chi connectivity index (χ4n) is 1.19. The van der Waals surface area contributed by atoms with Crippen LogP contribution < -0.4 is 5.32 Å². The lowest BCUT2D eigenvalue weighted by Gasteiger charge is -2.31. The number of hydrogen-bond acceptors (Lipinski definition) is 4. The van der Waals surface area contributed by atoms with E-state index in [1.54, 1.807) is 13.8 Å². The molecule has 1 aliphatic rings. The number of halogens is 4. The first-order valence-corrected chi connectivity index (χ1v) is 5.93. The molecule has 1 aliphatic heterocycles. The highest BCUT2D eigenvalue weighted by Gasteiger charge is 2.30. The molecule has 3 nitrogen and oxygen atoms in total. The number of allylic oxidation sites excluding steroid dienone is 1. The van der Waals surface area contributed by atoms with Gasteiger partial charge in [-0.2, -0.15) is 13.2 Å². The van der Waals surface area contributed by atoms with Gasteiger partial charge in [0.05, 0.1) is 9.29 Å². The van der Waals surface area contributed by atoms with Crippen molar-refractivity contribution in [3.8, 4) is 0 Å². The standard InChI is InChI=1S/C8H11F3IN3S/c1-4-6(12)7(13-3-8(9,10)11)15(16)5(2)14-4/h5,13,16H,3H2,1-2H3. The Morgan fingerprint density at radius 3 is 2.62 bits per heavy atom. The Bertz CT molecular complexity index is 340. The van der Waals surface area contributed by atoms with E-state index in [0.717, 1.165) is 0 Å². The van der Waals surface area contributed by atoms with Gasteiger partial charge in [-0.1, -0.05) is 12.8 Å². The van der Waals surface area contributed by atoms with Crippen molar-refractivity contribution >= 4 is 41.1 Å². The van der Waals surface area contributed by atoms with Gasteiger partial charge in [0, 0.05) is 0 Å². The van der Waals surface area contributed by atoms with Crippen molar-refractivity contribution in [3.63, 3.8) is 0 Å². The summed E-state index contributed by atoms with van der Waals surface area (Å²) in [5.41, 5.74) is 0.711. The first-order chi connectivity index (χ1) is 7.22. The minimum Gasteiger partial charge on any atom is -0.361 e. The second-order valence-corrected chi connectivity index (χ2v) is 4.83. The maximum absolute atomic E-state index is 12.1. The molecule has 0 aromatic rings. The highest BCUT2D eigenvalue weighted by Crippen LogP contribution is 2.26. The Labute approximate surface area is 111 Å². The second-order valence-electron chi connectivity index (χ2n) is 3.32. The number of alkyl halides is 3. The molecule has 0 saturated carbocycles. The number of hydrogen-bond donors (Lipinski definition) is 2. The molecule has 16 heavy (non-hydrogen) atoms. The molecule has 1 heterocycles. The third kappa shape index (κ3) is 3.44. The molecule has 1 rings (SSSR count). The molecule has 92 valence electrons. The van der Waals surface area contributed by atoms with E-state index < -0.39 is 12.7 Å². The van der Waals surface area contributed by atoms with E-state index in [1.807, 2.05) is 22.6 Å². The third-order valence-electron chi connectivity index (χ3n) is 1.95. The Hall–Kier alpha value is -0.120. The summed E-state index contributed by atoms with van der Waals surface area (Å²) in [5.74, 6) is 0.348. The Kier molecular flexibility index (Phi) is 4.38. The zero-order valence-electron chi connectivity index (χ0n) is 8.64. The van der Waals surface area contributed by atoms with Gasteiger partial charge in [-0.3, -0.25) is 9.30 Å². The minimum atomic E-state index is -4.25.